The maximum Gasteiger partial charge on any atom is 0.287 e. The fourth-order valence-corrected chi connectivity index (χ4v) is 1.21. The van der Waals surface area contributed by atoms with Gasteiger partial charge in [-0.2, -0.15) is 0 Å². The van der Waals surface area contributed by atoms with Gasteiger partial charge in [-0.05, 0) is 32.8 Å². The third-order valence-electron chi connectivity index (χ3n) is 2.02. The zero-order valence-electron chi connectivity index (χ0n) is 11.3. The second-order valence-electron chi connectivity index (χ2n) is 3.52. The molecule has 0 heterocycles. The van der Waals surface area contributed by atoms with E-state index in [1.54, 1.807) is 6.08 Å². The highest BCUT2D eigenvalue weighted by atomic mass is 16.7. The monoisotopic (exact) mass is 236 g/mol. The molecule has 2 heteroatoms. The predicted octanol–water partition coefficient (Wildman–Crippen LogP) is 4.04. The van der Waals surface area contributed by atoms with Gasteiger partial charge in [-0.15, -0.1) is 0 Å². The van der Waals surface area contributed by atoms with Gasteiger partial charge in [0.2, 0.25) is 0 Å². The number of ether oxygens (including phenoxy) is 2. The number of hydrogen-bond acceptors (Lipinski definition) is 2. The molecule has 0 aromatic carbocycles. The topological polar surface area (TPSA) is 18.5 Å². The Morgan fingerprint density at radius 3 is 2.29 bits per heavy atom. The van der Waals surface area contributed by atoms with Crippen molar-refractivity contribution in [1.29, 1.82) is 0 Å². The first-order chi connectivity index (χ1) is 8.35. The molecule has 0 aromatic rings. The number of unbranched alkanes of at least 4 members (excludes halogenated alkanes) is 3. The molecule has 0 saturated heterocycles. The van der Waals surface area contributed by atoms with E-state index in [1.807, 2.05) is 19.9 Å². The molecule has 17 heavy (non-hydrogen) atoms. The fourth-order valence-electron chi connectivity index (χ4n) is 1.21. The van der Waals surface area contributed by atoms with E-state index in [0.717, 1.165) is 6.42 Å². The molecule has 0 spiro atoms. The molecule has 0 radical (unpaired) electrons. The first-order valence-electron chi connectivity index (χ1n) is 6.46. The first-order valence-corrected chi connectivity index (χ1v) is 6.46. The zero-order valence-corrected chi connectivity index (χ0v) is 11.3. The van der Waals surface area contributed by atoms with Gasteiger partial charge in [-0.3, -0.25) is 0 Å². The van der Waals surface area contributed by atoms with Crippen LogP contribution in [0.3, 0.4) is 0 Å². The quantitative estimate of drug-likeness (QED) is 0.360. The van der Waals surface area contributed by atoms with Crippen LogP contribution in [0.4, 0.5) is 0 Å². The predicted molar refractivity (Wildman–Crippen MR) is 72.4 cm³/mol. The highest BCUT2D eigenvalue weighted by Gasteiger charge is 1.92. The molecular weight excluding hydrogens is 212 g/mol. The van der Waals surface area contributed by atoms with Crippen LogP contribution in [0, 0.1) is 11.8 Å². The lowest BCUT2D eigenvalue weighted by Gasteiger charge is -2.06. The van der Waals surface area contributed by atoms with Gasteiger partial charge in [0, 0.05) is 0 Å². The van der Waals surface area contributed by atoms with E-state index in [1.165, 1.54) is 19.3 Å². The van der Waals surface area contributed by atoms with Gasteiger partial charge in [0.05, 0.1) is 19.3 Å². The number of allylic oxidation sites excluding steroid dienone is 3. The summed E-state index contributed by atoms with van der Waals surface area (Å²) >= 11 is 0. The van der Waals surface area contributed by atoms with Gasteiger partial charge in [-0.25, -0.2) is 0 Å². The Labute approximate surface area is 106 Å². The van der Waals surface area contributed by atoms with Crippen LogP contribution in [0.25, 0.3) is 0 Å². The van der Waals surface area contributed by atoms with E-state index in [4.69, 9.17) is 9.47 Å². The molecule has 0 saturated carbocycles. The van der Waals surface area contributed by atoms with Crippen molar-refractivity contribution in [3.05, 3.63) is 24.2 Å². The van der Waals surface area contributed by atoms with Crippen molar-refractivity contribution in [1.82, 2.24) is 0 Å². The van der Waals surface area contributed by atoms with Crippen molar-refractivity contribution in [2.75, 3.05) is 13.2 Å². The molecule has 0 N–H and O–H groups in total. The normalized spacial score (nSPS) is 9.59. The summed E-state index contributed by atoms with van der Waals surface area (Å²) in [6, 6.07) is 0. The Kier molecular flexibility index (Phi) is 11.7. The van der Waals surface area contributed by atoms with Crippen LogP contribution in [-0.4, -0.2) is 13.2 Å². The Bertz CT molecular complexity index is 271. The van der Waals surface area contributed by atoms with E-state index < -0.39 is 0 Å². The molecule has 0 aromatic heterocycles. The Morgan fingerprint density at radius 1 is 1.00 bits per heavy atom. The maximum absolute atomic E-state index is 5.25. The van der Waals surface area contributed by atoms with Crippen LogP contribution in [-0.2, 0) is 9.47 Å². The van der Waals surface area contributed by atoms with E-state index in [0.29, 0.717) is 19.2 Å². The first kappa shape index (κ1) is 15.6. The van der Waals surface area contributed by atoms with Crippen LogP contribution in [0.1, 0.15) is 46.5 Å². The summed E-state index contributed by atoms with van der Waals surface area (Å²) in [6.45, 7) is 7.25. The molecule has 0 rings (SSSR count). The van der Waals surface area contributed by atoms with Gasteiger partial charge >= 0.3 is 0 Å². The van der Waals surface area contributed by atoms with Crippen molar-refractivity contribution in [2.45, 2.75) is 46.5 Å². The van der Waals surface area contributed by atoms with Gasteiger partial charge in [-0.1, -0.05) is 37.7 Å². The van der Waals surface area contributed by atoms with E-state index in [9.17, 15) is 0 Å². The Hall–Kier alpha value is -1.36. The van der Waals surface area contributed by atoms with Gasteiger partial charge < -0.3 is 9.47 Å². The molecule has 0 fully saturated rings. The summed E-state index contributed by atoms with van der Waals surface area (Å²) in [5, 5.41) is 0. The zero-order chi connectivity index (χ0) is 12.8. The average molecular weight is 236 g/mol. The summed E-state index contributed by atoms with van der Waals surface area (Å²) in [6.07, 6.45) is 10.6. The molecule has 0 aliphatic rings. The average Bonchev–Trinajstić information content (AvgIpc) is 2.33. The lowest BCUT2D eigenvalue weighted by atomic mass is 10.2. The molecule has 0 bridgehead atoms. The molecule has 0 unspecified atom stereocenters. The van der Waals surface area contributed by atoms with Gasteiger partial charge in [0.15, 0.2) is 0 Å². The molecular formula is C15H24O2. The van der Waals surface area contributed by atoms with Crippen molar-refractivity contribution in [3.8, 4) is 11.8 Å². The van der Waals surface area contributed by atoms with Crippen molar-refractivity contribution in [3.63, 3.8) is 0 Å². The van der Waals surface area contributed by atoms with Gasteiger partial charge in [0.1, 0.15) is 0 Å². The second kappa shape index (κ2) is 12.7. The third-order valence-corrected chi connectivity index (χ3v) is 2.02. The molecule has 96 valence electrons. The number of hydrogen-bond donors (Lipinski definition) is 0. The van der Waals surface area contributed by atoms with E-state index in [-0.39, 0.29) is 0 Å². The van der Waals surface area contributed by atoms with E-state index in [2.05, 4.69) is 24.8 Å². The summed E-state index contributed by atoms with van der Waals surface area (Å²) in [4.78, 5) is 0. The van der Waals surface area contributed by atoms with Crippen LogP contribution in [0.2, 0.25) is 0 Å². The molecule has 2 nitrogen and oxygen atoms in total. The molecule has 0 amide bonds. The molecule has 0 aliphatic carbocycles. The minimum atomic E-state index is 0.502. The van der Waals surface area contributed by atoms with Crippen LogP contribution in [0.15, 0.2) is 24.2 Å². The third kappa shape index (κ3) is 10.9. The minimum Gasteiger partial charge on any atom is -0.465 e. The Morgan fingerprint density at radius 2 is 1.71 bits per heavy atom. The highest BCUT2D eigenvalue weighted by molar-refractivity contribution is 5.23. The van der Waals surface area contributed by atoms with Crippen molar-refractivity contribution >= 4 is 0 Å². The van der Waals surface area contributed by atoms with Crippen LogP contribution < -0.4 is 0 Å². The smallest absolute Gasteiger partial charge is 0.287 e. The number of rotatable bonds is 8. The summed E-state index contributed by atoms with van der Waals surface area (Å²) < 4.78 is 10.5. The van der Waals surface area contributed by atoms with Crippen molar-refractivity contribution < 1.29 is 9.47 Å². The lowest BCUT2D eigenvalue weighted by Crippen LogP contribution is -1.96. The Balaban J connectivity index is 3.92. The summed E-state index contributed by atoms with van der Waals surface area (Å²) in [7, 11) is 0. The molecule has 0 atom stereocenters. The minimum absolute atomic E-state index is 0.502. The van der Waals surface area contributed by atoms with Crippen molar-refractivity contribution in [2.24, 2.45) is 0 Å². The molecule has 0 aliphatic heterocycles. The maximum atomic E-state index is 5.25. The standard InChI is InChI=1S/C15H24O2/c1-4-7-8-9-10-11-12-13-14-15(16-5-2)17-6-3/h10-11,14H,4-9H2,1-3H3/b11-10-. The second-order valence-corrected chi connectivity index (χ2v) is 3.52. The summed E-state index contributed by atoms with van der Waals surface area (Å²) in [5.74, 6) is 6.34. The van der Waals surface area contributed by atoms with Crippen LogP contribution >= 0.6 is 0 Å². The largest absolute Gasteiger partial charge is 0.465 e. The summed E-state index contributed by atoms with van der Waals surface area (Å²) in [5.41, 5.74) is 0. The van der Waals surface area contributed by atoms with Gasteiger partial charge in [0.25, 0.3) is 5.95 Å². The fraction of sp³-hybridized carbons (Fsp3) is 0.600. The highest BCUT2D eigenvalue weighted by Crippen LogP contribution is 1.99. The SMILES string of the molecule is CCCCC/C=C\C#CC=C(OCC)OCC. The lowest BCUT2D eigenvalue weighted by molar-refractivity contribution is 0.0471. The van der Waals surface area contributed by atoms with E-state index >= 15 is 0 Å². The van der Waals surface area contributed by atoms with Crippen LogP contribution in [0.5, 0.6) is 0 Å².